The van der Waals surface area contributed by atoms with Gasteiger partial charge in [0.15, 0.2) is 0 Å². The third-order valence-electron chi connectivity index (χ3n) is 2.93. The summed E-state index contributed by atoms with van der Waals surface area (Å²) < 4.78 is 19.8. The van der Waals surface area contributed by atoms with E-state index in [1.165, 1.54) is 12.1 Å². The summed E-state index contributed by atoms with van der Waals surface area (Å²) in [7, 11) is 0. The van der Waals surface area contributed by atoms with Crippen molar-refractivity contribution in [2.75, 3.05) is 6.54 Å². The Morgan fingerprint density at radius 1 is 1.29 bits per heavy atom. The number of aromatic nitrogens is 1. The number of hydrogen-bond donors (Lipinski definition) is 1. The molecule has 0 aliphatic rings. The van der Waals surface area contributed by atoms with Crippen LogP contribution in [0.15, 0.2) is 34.8 Å². The van der Waals surface area contributed by atoms with E-state index in [4.69, 9.17) is 4.74 Å². The highest BCUT2D eigenvalue weighted by atomic mass is 79.9. The first-order chi connectivity index (χ1) is 10.1. The predicted molar refractivity (Wildman–Crippen MR) is 84.8 cm³/mol. The summed E-state index contributed by atoms with van der Waals surface area (Å²) in [5.74, 6) is 0.444. The van der Waals surface area contributed by atoms with Crippen LogP contribution in [-0.2, 0) is 13.2 Å². The molecule has 0 amide bonds. The van der Waals surface area contributed by atoms with Crippen molar-refractivity contribution in [3.05, 3.63) is 57.6 Å². The average Bonchev–Trinajstić information content (AvgIpc) is 2.43. The largest absolute Gasteiger partial charge is 0.487 e. The Labute approximate surface area is 132 Å². The number of hydrogen-bond acceptors (Lipinski definition) is 3. The van der Waals surface area contributed by atoms with Crippen molar-refractivity contribution in [2.45, 2.75) is 27.0 Å². The summed E-state index contributed by atoms with van der Waals surface area (Å²) in [5.41, 5.74) is 2.59. The molecule has 0 saturated heterocycles. The van der Waals surface area contributed by atoms with Crippen molar-refractivity contribution in [3.63, 3.8) is 0 Å². The number of nitrogens with zero attached hydrogens (tertiary/aromatic N) is 1. The second-order valence-corrected chi connectivity index (χ2v) is 5.66. The Morgan fingerprint density at radius 3 is 2.81 bits per heavy atom. The highest BCUT2D eigenvalue weighted by molar-refractivity contribution is 9.10. The summed E-state index contributed by atoms with van der Waals surface area (Å²) in [6.07, 6.45) is 0. The maximum Gasteiger partial charge on any atom is 0.142 e. The Morgan fingerprint density at radius 2 is 2.10 bits per heavy atom. The van der Waals surface area contributed by atoms with Crippen molar-refractivity contribution in [2.24, 2.45) is 0 Å². The van der Waals surface area contributed by atoms with E-state index in [1.807, 2.05) is 32.0 Å². The minimum absolute atomic E-state index is 0.280. The number of benzene rings is 1. The highest BCUT2D eigenvalue weighted by Crippen LogP contribution is 2.20. The van der Waals surface area contributed by atoms with Crippen molar-refractivity contribution in [1.29, 1.82) is 0 Å². The Kier molecular flexibility index (Phi) is 5.70. The van der Waals surface area contributed by atoms with Crippen LogP contribution in [0.25, 0.3) is 0 Å². The molecule has 2 aromatic rings. The molecule has 0 unspecified atom stereocenters. The van der Waals surface area contributed by atoms with E-state index in [2.05, 4.69) is 26.2 Å². The van der Waals surface area contributed by atoms with Gasteiger partial charge in [-0.15, -0.1) is 0 Å². The first-order valence-corrected chi connectivity index (χ1v) is 7.63. The maximum atomic E-state index is 13.3. The lowest BCUT2D eigenvalue weighted by Gasteiger charge is -2.12. The number of ether oxygens (including phenoxy) is 1. The molecule has 0 spiro atoms. The van der Waals surface area contributed by atoms with E-state index < -0.39 is 0 Å². The molecule has 2 rings (SSSR count). The zero-order chi connectivity index (χ0) is 15.2. The third-order valence-corrected chi connectivity index (χ3v) is 3.39. The highest BCUT2D eigenvalue weighted by Gasteiger charge is 2.07. The molecule has 1 aromatic heterocycles. The van der Waals surface area contributed by atoms with E-state index >= 15 is 0 Å². The van der Waals surface area contributed by atoms with Gasteiger partial charge in [0.1, 0.15) is 18.2 Å². The molecule has 5 heteroatoms. The van der Waals surface area contributed by atoms with E-state index in [9.17, 15) is 4.39 Å². The van der Waals surface area contributed by atoms with Crippen LogP contribution < -0.4 is 10.1 Å². The Bertz CT molecular complexity index is 599. The van der Waals surface area contributed by atoms with Crippen LogP contribution >= 0.6 is 15.9 Å². The molecule has 112 valence electrons. The molecule has 0 bridgehead atoms. The molecular weight excluding hydrogens is 335 g/mol. The molecule has 21 heavy (non-hydrogen) atoms. The molecule has 1 aromatic carbocycles. The van der Waals surface area contributed by atoms with Gasteiger partial charge >= 0.3 is 0 Å². The minimum atomic E-state index is -0.280. The lowest BCUT2D eigenvalue weighted by molar-refractivity contribution is 0.299. The predicted octanol–water partition coefficient (Wildman–Crippen LogP) is 3.98. The van der Waals surface area contributed by atoms with Crippen LogP contribution in [0.2, 0.25) is 0 Å². The van der Waals surface area contributed by atoms with Gasteiger partial charge in [-0.2, -0.15) is 0 Å². The second-order valence-electron chi connectivity index (χ2n) is 4.74. The molecule has 1 heterocycles. The number of pyridine rings is 1. The van der Waals surface area contributed by atoms with E-state index in [0.29, 0.717) is 17.6 Å². The number of aryl methyl sites for hydroxylation is 1. The van der Waals surface area contributed by atoms with Gasteiger partial charge in [-0.25, -0.2) is 4.39 Å². The molecule has 3 nitrogen and oxygen atoms in total. The molecule has 0 aliphatic heterocycles. The smallest absolute Gasteiger partial charge is 0.142 e. The summed E-state index contributed by atoms with van der Waals surface area (Å²) in [6, 6.07) is 8.55. The topological polar surface area (TPSA) is 34.2 Å². The van der Waals surface area contributed by atoms with Gasteiger partial charge < -0.3 is 10.1 Å². The van der Waals surface area contributed by atoms with Crippen LogP contribution in [-0.4, -0.2) is 11.5 Å². The van der Waals surface area contributed by atoms with Gasteiger partial charge in [-0.05, 0) is 49.4 Å². The molecular formula is C16H18BrFN2O. The van der Waals surface area contributed by atoms with Crippen molar-refractivity contribution in [1.82, 2.24) is 10.3 Å². The fourth-order valence-corrected chi connectivity index (χ4v) is 2.47. The van der Waals surface area contributed by atoms with E-state index in [1.54, 1.807) is 0 Å². The van der Waals surface area contributed by atoms with E-state index in [-0.39, 0.29) is 5.82 Å². The standard InChI is InChI=1S/C16H18BrFN2O/c1-3-19-9-15-16(5-4-11(2)20-15)21-10-12-6-13(17)8-14(18)7-12/h4-8,19H,3,9-10H2,1-2H3. The van der Waals surface area contributed by atoms with Gasteiger partial charge in [0.2, 0.25) is 0 Å². The molecule has 0 radical (unpaired) electrons. The zero-order valence-corrected chi connectivity index (χ0v) is 13.7. The average molecular weight is 353 g/mol. The third kappa shape index (κ3) is 4.79. The van der Waals surface area contributed by atoms with Crippen molar-refractivity contribution >= 4 is 15.9 Å². The normalized spacial score (nSPS) is 10.7. The summed E-state index contributed by atoms with van der Waals surface area (Å²) in [6.45, 7) is 5.82. The lowest BCUT2D eigenvalue weighted by atomic mass is 10.2. The minimum Gasteiger partial charge on any atom is -0.487 e. The van der Waals surface area contributed by atoms with Crippen molar-refractivity contribution in [3.8, 4) is 5.75 Å². The molecule has 1 N–H and O–H groups in total. The van der Waals surface area contributed by atoms with Crippen LogP contribution in [0, 0.1) is 12.7 Å². The first-order valence-electron chi connectivity index (χ1n) is 6.83. The van der Waals surface area contributed by atoms with E-state index in [0.717, 1.165) is 29.2 Å². The second kappa shape index (κ2) is 7.52. The summed E-state index contributed by atoms with van der Waals surface area (Å²) >= 11 is 3.28. The lowest BCUT2D eigenvalue weighted by Crippen LogP contribution is -2.14. The van der Waals surface area contributed by atoms with Gasteiger partial charge in [0.25, 0.3) is 0 Å². The zero-order valence-electron chi connectivity index (χ0n) is 12.1. The van der Waals surface area contributed by atoms with Gasteiger partial charge in [0.05, 0.1) is 5.69 Å². The van der Waals surface area contributed by atoms with Gasteiger partial charge in [-0.1, -0.05) is 22.9 Å². The molecule has 0 aliphatic carbocycles. The first kappa shape index (κ1) is 15.9. The monoisotopic (exact) mass is 352 g/mol. The maximum absolute atomic E-state index is 13.3. The molecule has 0 fully saturated rings. The molecule has 0 saturated carbocycles. The quantitative estimate of drug-likeness (QED) is 0.853. The van der Waals surface area contributed by atoms with Crippen LogP contribution in [0.5, 0.6) is 5.75 Å². The fourth-order valence-electron chi connectivity index (χ4n) is 1.95. The van der Waals surface area contributed by atoms with Crippen LogP contribution in [0.3, 0.4) is 0 Å². The number of halogens is 2. The number of nitrogens with one attached hydrogen (secondary N) is 1. The number of rotatable bonds is 6. The molecule has 0 atom stereocenters. The summed E-state index contributed by atoms with van der Waals surface area (Å²) in [4.78, 5) is 4.49. The summed E-state index contributed by atoms with van der Waals surface area (Å²) in [5, 5.41) is 3.24. The Hall–Kier alpha value is -1.46. The van der Waals surface area contributed by atoms with Gasteiger partial charge in [0, 0.05) is 16.7 Å². The SMILES string of the molecule is CCNCc1nc(C)ccc1OCc1cc(F)cc(Br)c1. The van der Waals surface area contributed by atoms with Crippen molar-refractivity contribution < 1.29 is 9.13 Å². The van der Waals surface area contributed by atoms with Crippen LogP contribution in [0.1, 0.15) is 23.9 Å². The van der Waals surface area contributed by atoms with Gasteiger partial charge in [-0.3, -0.25) is 4.98 Å². The fraction of sp³-hybridized carbons (Fsp3) is 0.312. The van der Waals surface area contributed by atoms with Crippen LogP contribution in [0.4, 0.5) is 4.39 Å². The Balaban J connectivity index is 2.11.